The highest BCUT2D eigenvalue weighted by molar-refractivity contribution is 7.93. The topological polar surface area (TPSA) is 230 Å². The highest BCUT2D eigenvalue weighted by atomic mass is 32.2. The van der Waals surface area contributed by atoms with Crippen LogP contribution in [0, 0.1) is 5.41 Å². The van der Waals surface area contributed by atoms with Crippen LogP contribution in [0.2, 0.25) is 0 Å². The van der Waals surface area contributed by atoms with Crippen LogP contribution in [-0.4, -0.2) is 71.7 Å². The van der Waals surface area contributed by atoms with Crippen molar-refractivity contribution in [2.75, 3.05) is 16.4 Å². The third-order valence-corrected chi connectivity index (χ3v) is 15.8. The third-order valence-electron chi connectivity index (χ3n) is 10.1. The van der Waals surface area contributed by atoms with Gasteiger partial charge in [0.2, 0.25) is 30.2 Å². The van der Waals surface area contributed by atoms with Gasteiger partial charge in [0, 0.05) is 46.7 Å². The molecular formula is C47H43N13O4S4. The Bertz CT molecular complexity index is 3580. The van der Waals surface area contributed by atoms with Crippen molar-refractivity contribution in [3.8, 4) is 45.3 Å². The first-order valence-electron chi connectivity index (χ1n) is 21.0. The van der Waals surface area contributed by atoms with Crippen molar-refractivity contribution in [1.29, 1.82) is 0 Å². The second kappa shape index (κ2) is 19.1. The van der Waals surface area contributed by atoms with E-state index in [1.165, 1.54) is 0 Å². The van der Waals surface area contributed by atoms with E-state index in [1.54, 1.807) is 32.2 Å². The number of sulfonamides is 1. The van der Waals surface area contributed by atoms with Crippen molar-refractivity contribution >= 4 is 65.2 Å². The van der Waals surface area contributed by atoms with Gasteiger partial charge in [-0.05, 0) is 52.9 Å². The third kappa shape index (κ3) is 10.5. The number of primary sulfonamides is 1. The Balaban J connectivity index is 0.000000171. The largest absolute Gasteiger partial charge is 0.363 e. The summed E-state index contributed by atoms with van der Waals surface area (Å²) < 4.78 is 52.4. The van der Waals surface area contributed by atoms with Gasteiger partial charge in [-0.25, -0.2) is 50.9 Å². The Kier molecular flexibility index (Phi) is 12.9. The first-order chi connectivity index (χ1) is 32.7. The van der Waals surface area contributed by atoms with Gasteiger partial charge in [0.15, 0.2) is 11.6 Å². The van der Waals surface area contributed by atoms with Crippen molar-refractivity contribution < 1.29 is 16.8 Å². The number of rotatable bonds is 13. The van der Waals surface area contributed by atoms with Crippen LogP contribution in [0.3, 0.4) is 0 Å². The first kappa shape index (κ1) is 45.8. The minimum absolute atomic E-state index is 0.0156. The van der Waals surface area contributed by atoms with Crippen molar-refractivity contribution in [1.82, 2.24) is 49.1 Å². The number of nitrogens with two attached hydrogens (primary N) is 1. The molecule has 0 aliphatic rings. The summed E-state index contributed by atoms with van der Waals surface area (Å²) in [6.45, 7) is 6.60. The summed E-state index contributed by atoms with van der Waals surface area (Å²) in [6.07, 6.45) is 7.19. The van der Waals surface area contributed by atoms with Crippen LogP contribution in [0.25, 0.3) is 56.3 Å². The van der Waals surface area contributed by atoms with Crippen LogP contribution in [0.4, 0.5) is 11.6 Å². The van der Waals surface area contributed by atoms with E-state index in [0.717, 1.165) is 67.3 Å². The smallest absolute Gasteiger partial charge is 0.265 e. The molecule has 0 aliphatic heterocycles. The second-order valence-electron chi connectivity index (χ2n) is 16.6. The molecule has 21 heteroatoms. The van der Waals surface area contributed by atoms with Gasteiger partial charge in [0.1, 0.15) is 22.4 Å². The van der Waals surface area contributed by atoms with Crippen LogP contribution < -0.4 is 15.8 Å². The number of thiazole rings is 2. The summed E-state index contributed by atoms with van der Waals surface area (Å²) >= 11 is 2.03. The number of fused-ring (bicyclic) bond motifs is 2. The summed E-state index contributed by atoms with van der Waals surface area (Å²) in [7, 11) is -7.41. The molecule has 8 aromatic heterocycles. The summed E-state index contributed by atoms with van der Waals surface area (Å²) in [5, 5.41) is 24.5. The Labute approximate surface area is 399 Å². The average molecular weight is 982 g/mol. The molecule has 10 aromatic rings. The standard InChI is InChI=1S/C26H26N6O2S2.C21H17N7O2S2/c1-26(2,3)17-36(33,34)25-29-21(16-35-25)23-30-24(28-15-19-11-7-8-13-27-19)22-20(12-14-32(22)31-23)18-9-5-4-6-10-18;22-32(29,30)21-25-17(13-31-21)19-26-20(24-12-15-8-4-5-10-23-15)18-16(9-11-28(18)27-19)14-6-2-1-3-7-14/h4-14,16H,15,17H2,1-3H3,(H,28,30,31);1-11,13H,12H2,(H2,22,29,30)(H,24,26,27). The van der Waals surface area contributed by atoms with Crippen LogP contribution in [-0.2, 0) is 33.0 Å². The lowest BCUT2D eigenvalue weighted by molar-refractivity contribution is 0.461. The number of pyridine rings is 2. The zero-order valence-electron chi connectivity index (χ0n) is 36.8. The molecular weight excluding hydrogens is 939 g/mol. The fourth-order valence-corrected chi connectivity index (χ4v) is 11.6. The van der Waals surface area contributed by atoms with Crippen molar-refractivity contribution in [2.24, 2.45) is 10.6 Å². The van der Waals surface area contributed by atoms with E-state index in [2.05, 4.69) is 45.8 Å². The molecule has 0 amide bonds. The maximum absolute atomic E-state index is 12.9. The molecule has 68 heavy (non-hydrogen) atoms. The quantitative estimate of drug-likeness (QED) is 0.0984. The van der Waals surface area contributed by atoms with Gasteiger partial charge in [0.25, 0.3) is 10.0 Å². The zero-order valence-corrected chi connectivity index (χ0v) is 40.1. The molecule has 0 aliphatic carbocycles. The molecule has 0 atom stereocenters. The number of hydrogen-bond acceptors (Lipinski definition) is 16. The number of sulfone groups is 1. The van der Waals surface area contributed by atoms with E-state index in [0.29, 0.717) is 41.9 Å². The summed E-state index contributed by atoms with van der Waals surface area (Å²) in [4.78, 5) is 26.7. The van der Waals surface area contributed by atoms with Crippen LogP contribution in [0.15, 0.2) is 153 Å². The maximum Gasteiger partial charge on any atom is 0.265 e. The minimum atomic E-state index is -3.90. The molecule has 17 nitrogen and oxygen atoms in total. The van der Waals surface area contributed by atoms with Gasteiger partial charge >= 0.3 is 0 Å². The van der Waals surface area contributed by atoms with Crippen molar-refractivity contribution in [3.63, 3.8) is 0 Å². The molecule has 0 fully saturated rings. The summed E-state index contributed by atoms with van der Waals surface area (Å²) in [6, 6.07) is 35.4. The van der Waals surface area contributed by atoms with E-state index in [-0.39, 0.29) is 25.7 Å². The molecule has 0 spiro atoms. The molecule has 0 saturated carbocycles. The van der Waals surface area contributed by atoms with Crippen LogP contribution in [0.1, 0.15) is 32.2 Å². The molecule has 0 bridgehead atoms. The highest BCUT2D eigenvalue weighted by Crippen LogP contribution is 2.34. The van der Waals surface area contributed by atoms with Gasteiger partial charge < -0.3 is 10.6 Å². The lowest BCUT2D eigenvalue weighted by Gasteiger charge is -2.16. The lowest BCUT2D eigenvalue weighted by Crippen LogP contribution is -2.20. The van der Waals surface area contributed by atoms with E-state index in [4.69, 9.17) is 10.1 Å². The maximum atomic E-state index is 12.9. The number of nitrogens with zero attached hydrogens (tertiary/aromatic N) is 10. The SMILES string of the molecule is CC(C)(C)CS(=O)(=O)c1nc(-c2nc(NCc3ccccn3)c3c(-c4ccccc4)ccn3n2)cs1.NS(=O)(=O)c1nc(-c2nc(NCc3ccccn3)c3c(-c4ccccc4)ccn3n2)cs1. The number of aromatic nitrogens is 10. The molecule has 0 saturated heterocycles. The first-order valence-corrected chi connectivity index (χ1v) is 26.0. The lowest BCUT2D eigenvalue weighted by atomic mass is 10.0. The summed E-state index contributed by atoms with van der Waals surface area (Å²) in [5.74, 6) is 1.83. The number of hydrogen-bond donors (Lipinski definition) is 3. The van der Waals surface area contributed by atoms with Gasteiger partial charge in [-0.15, -0.1) is 32.9 Å². The summed E-state index contributed by atoms with van der Waals surface area (Å²) in [5.41, 5.74) is 7.72. The molecule has 344 valence electrons. The van der Waals surface area contributed by atoms with Gasteiger partial charge in [-0.3, -0.25) is 9.97 Å². The van der Waals surface area contributed by atoms with E-state index in [9.17, 15) is 16.8 Å². The van der Waals surface area contributed by atoms with E-state index < -0.39 is 19.9 Å². The fraction of sp³-hybridized carbons (Fsp3) is 0.149. The molecule has 0 radical (unpaired) electrons. The van der Waals surface area contributed by atoms with Crippen molar-refractivity contribution in [3.05, 3.63) is 156 Å². The highest BCUT2D eigenvalue weighted by Gasteiger charge is 2.27. The molecule has 8 heterocycles. The van der Waals surface area contributed by atoms with Crippen LogP contribution in [0.5, 0.6) is 0 Å². The van der Waals surface area contributed by atoms with E-state index in [1.807, 2.05) is 142 Å². The predicted molar refractivity (Wildman–Crippen MR) is 265 cm³/mol. The zero-order chi connectivity index (χ0) is 47.5. The minimum Gasteiger partial charge on any atom is -0.363 e. The fourth-order valence-electron chi connectivity index (χ4n) is 7.19. The van der Waals surface area contributed by atoms with Gasteiger partial charge in [-0.1, -0.05) is 93.6 Å². The average Bonchev–Trinajstić information content (AvgIpc) is 4.18. The van der Waals surface area contributed by atoms with Gasteiger partial charge in [0.05, 0.1) is 30.2 Å². The Morgan fingerprint density at radius 2 is 1.01 bits per heavy atom. The Morgan fingerprint density at radius 1 is 0.574 bits per heavy atom. The molecule has 0 unspecified atom stereocenters. The molecule has 2 aromatic carbocycles. The number of nitrogens with one attached hydrogen (secondary N) is 2. The molecule has 10 rings (SSSR count). The Morgan fingerprint density at radius 3 is 1.43 bits per heavy atom. The molecule has 4 N–H and O–H groups in total. The number of anilines is 2. The van der Waals surface area contributed by atoms with Crippen molar-refractivity contribution in [2.45, 2.75) is 42.5 Å². The van der Waals surface area contributed by atoms with Crippen LogP contribution >= 0.6 is 22.7 Å². The monoisotopic (exact) mass is 981 g/mol. The van der Waals surface area contributed by atoms with E-state index >= 15 is 0 Å². The normalized spacial score (nSPS) is 11.9. The second-order valence-corrected chi connectivity index (χ2v) is 22.2. The predicted octanol–water partition coefficient (Wildman–Crippen LogP) is 8.52. The Hall–Kier alpha value is -7.30. The number of benzene rings is 2. The van der Waals surface area contributed by atoms with Gasteiger partial charge in [-0.2, -0.15) is 0 Å².